The van der Waals surface area contributed by atoms with E-state index in [-0.39, 0.29) is 0 Å². The molecule has 2 aliphatic rings. The van der Waals surface area contributed by atoms with Gasteiger partial charge in [0.25, 0.3) is 0 Å². The van der Waals surface area contributed by atoms with Crippen LogP contribution in [0.4, 0.5) is 0 Å². The van der Waals surface area contributed by atoms with E-state index in [4.69, 9.17) is 4.42 Å². The summed E-state index contributed by atoms with van der Waals surface area (Å²) < 4.78 is 6.01. The molecule has 0 saturated carbocycles. The molecule has 2 unspecified atom stereocenters. The van der Waals surface area contributed by atoms with Crippen molar-refractivity contribution in [3.8, 4) is 11.5 Å². The number of aromatic nitrogens is 2. The van der Waals surface area contributed by atoms with Crippen LogP contribution in [0.15, 0.2) is 56.6 Å². The minimum atomic E-state index is 0.337. The monoisotopic (exact) mass is 380 g/mol. The van der Waals surface area contributed by atoms with Gasteiger partial charge in [-0.25, -0.2) is 4.98 Å². The smallest absolute Gasteiger partial charge is 0.228 e. The first kappa shape index (κ1) is 18.2. The fraction of sp³-hybridized carbons (Fsp3) is 0.381. The van der Waals surface area contributed by atoms with Crippen LogP contribution >= 0.6 is 11.8 Å². The van der Waals surface area contributed by atoms with Gasteiger partial charge in [0.1, 0.15) is 5.76 Å². The molecular formula is C21H24N4OS. The molecule has 0 saturated heterocycles. The van der Waals surface area contributed by atoms with Crippen LogP contribution < -0.4 is 0 Å². The minimum Gasteiger partial charge on any atom is -0.441 e. The molecule has 140 valence electrons. The number of hydrogen-bond acceptors (Lipinski definition) is 6. The Bertz CT molecular complexity index is 900. The fourth-order valence-electron chi connectivity index (χ4n) is 3.44. The number of hydrogen-bond donors (Lipinski definition) is 0. The van der Waals surface area contributed by atoms with Gasteiger partial charge in [-0.05, 0) is 39.4 Å². The predicted octanol–water partition coefficient (Wildman–Crippen LogP) is 4.27. The molecule has 4 rings (SSSR count). The summed E-state index contributed by atoms with van der Waals surface area (Å²) in [6.07, 6.45) is 9.90. The molecule has 27 heavy (non-hydrogen) atoms. The Labute approximate surface area is 164 Å². The molecule has 2 aromatic heterocycles. The zero-order chi connectivity index (χ0) is 18.8. The SMILES string of the molecule is Cc1nc(-c2cccnc2)oc1CCN(C)C(C)C1=CC=C2SC=NC2C1. The number of thioether (sulfide) groups is 1. The summed E-state index contributed by atoms with van der Waals surface area (Å²) in [5.41, 5.74) is 5.28. The third kappa shape index (κ3) is 3.92. The van der Waals surface area contributed by atoms with Gasteiger partial charge in [-0.15, -0.1) is 0 Å². The molecule has 0 aromatic carbocycles. The molecule has 5 nitrogen and oxygen atoms in total. The van der Waals surface area contributed by atoms with Gasteiger partial charge >= 0.3 is 0 Å². The first-order valence-electron chi connectivity index (χ1n) is 9.27. The van der Waals surface area contributed by atoms with E-state index in [0.717, 1.165) is 36.4 Å². The number of nitrogens with zero attached hydrogens (tertiary/aromatic N) is 4. The molecule has 0 bridgehead atoms. The molecule has 0 amide bonds. The van der Waals surface area contributed by atoms with E-state index >= 15 is 0 Å². The lowest BCUT2D eigenvalue weighted by Gasteiger charge is -2.29. The van der Waals surface area contributed by atoms with Crippen LogP contribution in [-0.2, 0) is 6.42 Å². The molecule has 0 N–H and O–H groups in total. The van der Waals surface area contributed by atoms with Gasteiger partial charge in [0.15, 0.2) is 0 Å². The van der Waals surface area contributed by atoms with Gasteiger partial charge in [0.2, 0.25) is 5.89 Å². The molecule has 2 aromatic rings. The Balaban J connectivity index is 1.39. The minimum absolute atomic E-state index is 0.337. The van der Waals surface area contributed by atoms with Gasteiger partial charge in [-0.3, -0.25) is 14.9 Å². The Morgan fingerprint density at radius 1 is 1.37 bits per heavy atom. The molecule has 6 heteroatoms. The quantitative estimate of drug-likeness (QED) is 0.749. The van der Waals surface area contributed by atoms with Gasteiger partial charge in [-0.2, -0.15) is 0 Å². The highest BCUT2D eigenvalue weighted by molar-refractivity contribution is 8.15. The highest BCUT2D eigenvalue weighted by atomic mass is 32.2. The third-order valence-corrected chi connectivity index (χ3v) is 6.25. The molecular weight excluding hydrogens is 356 g/mol. The van der Waals surface area contributed by atoms with Crippen LogP contribution in [0.1, 0.15) is 24.8 Å². The molecule has 0 radical (unpaired) electrons. The zero-order valence-corrected chi connectivity index (χ0v) is 16.7. The Morgan fingerprint density at radius 3 is 3.07 bits per heavy atom. The summed E-state index contributed by atoms with van der Waals surface area (Å²) in [7, 11) is 2.17. The average Bonchev–Trinajstić information content (AvgIpc) is 3.32. The van der Waals surface area contributed by atoms with E-state index in [1.54, 1.807) is 24.2 Å². The fourth-order valence-corrected chi connectivity index (χ4v) is 4.22. The van der Waals surface area contributed by atoms with E-state index in [9.17, 15) is 0 Å². The number of rotatable bonds is 6. The number of oxazole rings is 1. The van der Waals surface area contributed by atoms with E-state index in [1.165, 1.54) is 10.5 Å². The molecule has 3 heterocycles. The van der Waals surface area contributed by atoms with Gasteiger partial charge in [-0.1, -0.05) is 29.5 Å². The molecule has 0 fully saturated rings. The standard InChI is InChI=1S/C21H24N4OS/c1-14-19(26-21(24-14)17-5-4-9-22-12-17)8-10-25(3)15(2)16-6-7-20-18(11-16)23-13-27-20/h4-7,9,12-13,15,18H,8,10-11H2,1-3H3. The number of pyridine rings is 1. The Hall–Kier alpha value is -2.18. The lowest BCUT2D eigenvalue weighted by Crippen LogP contribution is -2.34. The number of aliphatic imine (C=N–C) groups is 1. The predicted molar refractivity (Wildman–Crippen MR) is 111 cm³/mol. The Kier molecular flexibility index (Phi) is 5.27. The van der Waals surface area contributed by atoms with E-state index in [2.05, 4.69) is 46.0 Å². The van der Waals surface area contributed by atoms with Crippen molar-refractivity contribution in [1.82, 2.24) is 14.9 Å². The van der Waals surface area contributed by atoms with Crippen molar-refractivity contribution < 1.29 is 4.42 Å². The topological polar surface area (TPSA) is 54.5 Å². The maximum atomic E-state index is 6.01. The van der Waals surface area contributed by atoms with E-state index in [0.29, 0.717) is 18.0 Å². The van der Waals surface area contributed by atoms with Gasteiger partial charge in [0, 0.05) is 36.3 Å². The maximum Gasteiger partial charge on any atom is 0.228 e. The van der Waals surface area contributed by atoms with E-state index in [1.807, 2.05) is 24.6 Å². The molecule has 1 aliphatic carbocycles. The molecule has 2 atom stereocenters. The van der Waals surface area contributed by atoms with Crippen molar-refractivity contribution in [2.45, 2.75) is 38.8 Å². The second kappa shape index (κ2) is 7.82. The van der Waals surface area contributed by atoms with Crippen LogP contribution in [0.25, 0.3) is 11.5 Å². The second-order valence-corrected chi connectivity index (χ2v) is 8.00. The second-order valence-electron chi connectivity index (χ2n) is 7.08. The Morgan fingerprint density at radius 2 is 2.26 bits per heavy atom. The van der Waals surface area contributed by atoms with Crippen molar-refractivity contribution >= 4 is 17.3 Å². The van der Waals surface area contributed by atoms with Crippen LogP contribution in [0, 0.1) is 6.92 Å². The van der Waals surface area contributed by atoms with Gasteiger partial charge in [0.05, 0.1) is 22.8 Å². The maximum absolute atomic E-state index is 6.01. The lowest BCUT2D eigenvalue weighted by atomic mass is 9.94. The van der Waals surface area contributed by atoms with Crippen molar-refractivity contribution in [1.29, 1.82) is 0 Å². The van der Waals surface area contributed by atoms with Crippen molar-refractivity contribution in [3.63, 3.8) is 0 Å². The van der Waals surface area contributed by atoms with Crippen molar-refractivity contribution in [2.24, 2.45) is 4.99 Å². The molecule has 0 spiro atoms. The van der Waals surface area contributed by atoms with Crippen molar-refractivity contribution in [3.05, 3.63) is 58.6 Å². The number of allylic oxidation sites excluding steroid dienone is 2. The van der Waals surface area contributed by atoms with Crippen LogP contribution in [0.2, 0.25) is 0 Å². The third-order valence-electron chi connectivity index (χ3n) is 5.34. The summed E-state index contributed by atoms with van der Waals surface area (Å²) in [5.74, 6) is 1.60. The number of likely N-dealkylation sites (N-methyl/N-ethyl adjacent to an activating group) is 1. The number of aryl methyl sites for hydroxylation is 1. The van der Waals surface area contributed by atoms with Crippen molar-refractivity contribution in [2.75, 3.05) is 13.6 Å². The summed E-state index contributed by atoms with van der Waals surface area (Å²) in [4.78, 5) is 17.0. The van der Waals surface area contributed by atoms with Gasteiger partial charge < -0.3 is 4.42 Å². The first-order chi connectivity index (χ1) is 13.1. The van der Waals surface area contributed by atoms with Crippen LogP contribution in [-0.4, -0.2) is 46.1 Å². The van der Waals surface area contributed by atoms with Crippen LogP contribution in [0.3, 0.4) is 0 Å². The highest BCUT2D eigenvalue weighted by Crippen LogP contribution is 2.35. The summed E-state index contributed by atoms with van der Waals surface area (Å²) in [6.45, 7) is 5.19. The largest absolute Gasteiger partial charge is 0.441 e. The average molecular weight is 381 g/mol. The summed E-state index contributed by atoms with van der Waals surface area (Å²) in [5, 5.41) is 0. The normalized spacial score (nSPS) is 19.8. The summed E-state index contributed by atoms with van der Waals surface area (Å²) >= 11 is 1.75. The highest BCUT2D eigenvalue weighted by Gasteiger charge is 2.26. The number of fused-ring (bicyclic) bond motifs is 1. The van der Waals surface area contributed by atoms with Crippen LogP contribution in [0.5, 0.6) is 0 Å². The summed E-state index contributed by atoms with van der Waals surface area (Å²) in [6, 6.07) is 4.58. The first-order valence-corrected chi connectivity index (χ1v) is 10.2. The molecule has 1 aliphatic heterocycles. The zero-order valence-electron chi connectivity index (χ0n) is 15.9. The van der Waals surface area contributed by atoms with E-state index < -0.39 is 0 Å². The lowest BCUT2D eigenvalue weighted by molar-refractivity contribution is 0.278.